The number of halogens is 1. The van der Waals surface area contributed by atoms with E-state index in [4.69, 9.17) is 4.74 Å². The number of sulfonamides is 1. The normalized spacial score (nSPS) is 20.0. The Morgan fingerprint density at radius 2 is 1.64 bits per heavy atom. The first kappa shape index (κ1) is 23.9. The number of rotatable bonds is 7. The van der Waals surface area contributed by atoms with Gasteiger partial charge in [-0.2, -0.15) is 4.31 Å². The molecule has 176 valence electrons. The summed E-state index contributed by atoms with van der Waals surface area (Å²) >= 11 is 3.34. The van der Waals surface area contributed by atoms with E-state index in [2.05, 4.69) is 15.9 Å². The summed E-state index contributed by atoms with van der Waals surface area (Å²) in [5.41, 5.74) is 0.417. The van der Waals surface area contributed by atoms with Gasteiger partial charge in [0.1, 0.15) is 11.8 Å². The highest BCUT2D eigenvalue weighted by molar-refractivity contribution is 9.10. The quantitative estimate of drug-likeness (QED) is 0.488. The minimum absolute atomic E-state index is 0.121. The molecule has 2 fully saturated rings. The van der Waals surface area contributed by atoms with Crippen LogP contribution in [0.25, 0.3) is 0 Å². The third-order valence-corrected chi connectivity index (χ3v) is 8.66. The van der Waals surface area contributed by atoms with E-state index in [0.29, 0.717) is 30.9 Å². The number of nitrogens with zero attached hydrogens (tertiary/aromatic N) is 2. The van der Waals surface area contributed by atoms with E-state index in [9.17, 15) is 18.0 Å². The number of carbonyl (C=O) groups excluding carboxylic acids is 2. The predicted octanol–water partition coefficient (Wildman–Crippen LogP) is 4.50. The SMILES string of the molecule is CCOc1ccc(N2C(=O)CC(N(C3CCCCC3)S(=O)(=O)c3ccc(Br)cc3)C2=O)cc1. The number of benzene rings is 2. The summed E-state index contributed by atoms with van der Waals surface area (Å²) in [6.45, 7) is 2.38. The Morgan fingerprint density at radius 3 is 2.24 bits per heavy atom. The van der Waals surface area contributed by atoms with Crippen molar-refractivity contribution in [2.75, 3.05) is 11.5 Å². The van der Waals surface area contributed by atoms with Crippen molar-refractivity contribution >= 4 is 43.5 Å². The van der Waals surface area contributed by atoms with E-state index < -0.39 is 27.9 Å². The molecule has 2 aliphatic rings. The fraction of sp³-hybridized carbons (Fsp3) is 0.417. The zero-order chi connectivity index (χ0) is 23.6. The van der Waals surface area contributed by atoms with Gasteiger partial charge in [-0.15, -0.1) is 0 Å². The third-order valence-electron chi connectivity index (χ3n) is 6.16. The molecule has 1 atom stereocenters. The number of hydrogen-bond donors (Lipinski definition) is 0. The maximum absolute atomic E-state index is 13.8. The maximum atomic E-state index is 13.8. The van der Waals surface area contributed by atoms with Gasteiger partial charge in [0.05, 0.1) is 23.6 Å². The molecule has 1 aliphatic heterocycles. The number of ether oxygens (including phenoxy) is 1. The minimum Gasteiger partial charge on any atom is -0.494 e. The largest absolute Gasteiger partial charge is 0.494 e. The molecule has 7 nitrogen and oxygen atoms in total. The van der Waals surface area contributed by atoms with Crippen molar-refractivity contribution < 1.29 is 22.7 Å². The molecule has 1 aliphatic carbocycles. The average Bonchev–Trinajstić information content (AvgIpc) is 3.09. The van der Waals surface area contributed by atoms with E-state index in [1.165, 1.54) is 16.4 Å². The number of anilines is 1. The Balaban J connectivity index is 1.69. The van der Waals surface area contributed by atoms with Crippen molar-refractivity contribution in [3.63, 3.8) is 0 Å². The van der Waals surface area contributed by atoms with Gasteiger partial charge in [0.15, 0.2) is 0 Å². The molecule has 2 aromatic rings. The summed E-state index contributed by atoms with van der Waals surface area (Å²) in [5, 5.41) is 0. The maximum Gasteiger partial charge on any atom is 0.252 e. The fourth-order valence-electron chi connectivity index (χ4n) is 4.63. The standard InChI is InChI=1S/C24H27BrN2O5S/c1-2-32-20-12-10-18(11-13-20)26-23(28)16-22(24(26)29)27(19-6-4-3-5-7-19)33(30,31)21-14-8-17(25)9-15-21/h8-15,19,22H,2-7,16H2,1H3. The summed E-state index contributed by atoms with van der Waals surface area (Å²) in [7, 11) is -3.98. The second-order valence-corrected chi connectivity index (χ2v) is 11.1. The smallest absolute Gasteiger partial charge is 0.252 e. The van der Waals surface area contributed by atoms with E-state index >= 15 is 0 Å². The molecule has 0 radical (unpaired) electrons. The Hall–Kier alpha value is -2.23. The lowest BCUT2D eigenvalue weighted by molar-refractivity contribution is -0.122. The van der Waals surface area contributed by atoms with E-state index in [1.54, 1.807) is 36.4 Å². The summed E-state index contributed by atoms with van der Waals surface area (Å²) in [6.07, 6.45) is 4.02. The topological polar surface area (TPSA) is 84.0 Å². The number of carbonyl (C=O) groups is 2. The highest BCUT2D eigenvalue weighted by atomic mass is 79.9. The lowest BCUT2D eigenvalue weighted by Crippen LogP contribution is -2.51. The van der Waals surface area contributed by atoms with Gasteiger partial charge in [-0.3, -0.25) is 9.59 Å². The van der Waals surface area contributed by atoms with Crippen molar-refractivity contribution in [2.24, 2.45) is 0 Å². The van der Waals surface area contributed by atoms with Crippen molar-refractivity contribution in [1.29, 1.82) is 0 Å². The molecule has 2 amide bonds. The lowest BCUT2D eigenvalue weighted by atomic mass is 9.94. The van der Waals surface area contributed by atoms with Crippen molar-refractivity contribution in [1.82, 2.24) is 4.31 Å². The van der Waals surface area contributed by atoms with E-state index in [-0.39, 0.29) is 17.4 Å². The number of hydrogen-bond acceptors (Lipinski definition) is 5. The molecule has 0 aromatic heterocycles. The molecule has 0 N–H and O–H groups in total. The van der Waals surface area contributed by atoms with Gasteiger partial charge in [-0.05, 0) is 68.3 Å². The van der Waals surface area contributed by atoms with Crippen LogP contribution in [-0.4, -0.2) is 43.2 Å². The monoisotopic (exact) mass is 534 g/mol. The first-order valence-corrected chi connectivity index (χ1v) is 13.4. The van der Waals surface area contributed by atoms with Gasteiger partial charge in [-0.25, -0.2) is 13.3 Å². The first-order chi connectivity index (χ1) is 15.8. The second kappa shape index (κ2) is 9.95. The summed E-state index contributed by atoms with van der Waals surface area (Å²) < 4.78 is 35.0. The van der Waals surface area contributed by atoms with Gasteiger partial charge >= 0.3 is 0 Å². The average molecular weight is 535 g/mol. The highest BCUT2D eigenvalue weighted by Gasteiger charge is 2.49. The number of imide groups is 1. The number of amides is 2. The van der Waals surface area contributed by atoms with E-state index in [0.717, 1.165) is 28.6 Å². The van der Waals surface area contributed by atoms with Crippen LogP contribution in [0.4, 0.5) is 5.69 Å². The Morgan fingerprint density at radius 1 is 1.00 bits per heavy atom. The summed E-state index contributed by atoms with van der Waals surface area (Å²) in [6, 6.07) is 11.7. The van der Waals surface area contributed by atoms with Crippen LogP contribution in [0.15, 0.2) is 57.9 Å². The molecular formula is C24H27BrN2O5S. The van der Waals surface area contributed by atoms with Gasteiger partial charge in [-0.1, -0.05) is 35.2 Å². The molecule has 9 heteroatoms. The van der Waals surface area contributed by atoms with Crippen LogP contribution < -0.4 is 9.64 Å². The second-order valence-electron chi connectivity index (χ2n) is 8.29. The molecule has 0 spiro atoms. The van der Waals surface area contributed by atoms with E-state index in [1.807, 2.05) is 6.92 Å². The molecule has 2 aromatic carbocycles. The first-order valence-electron chi connectivity index (χ1n) is 11.2. The van der Waals surface area contributed by atoms with Crippen molar-refractivity contribution in [2.45, 2.75) is 62.4 Å². The van der Waals surface area contributed by atoms with Crippen molar-refractivity contribution in [3.8, 4) is 5.75 Å². The molecule has 0 bridgehead atoms. The molecular weight excluding hydrogens is 508 g/mol. The summed E-state index contributed by atoms with van der Waals surface area (Å²) in [5.74, 6) is -0.269. The molecule has 1 saturated heterocycles. The highest BCUT2D eigenvalue weighted by Crippen LogP contribution is 2.35. The minimum atomic E-state index is -3.98. The van der Waals surface area contributed by atoms with Gasteiger partial charge in [0.25, 0.3) is 5.91 Å². The van der Waals surface area contributed by atoms with Crippen LogP contribution in [0.1, 0.15) is 45.4 Å². The van der Waals surface area contributed by atoms with Crippen LogP contribution in [0, 0.1) is 0 Å². The van der Waals surface area contributed by atoms with Gasteiger partial charge < -0.3 is 4.74 Å². The molecule has 33 heavy (non-hydrogen) atoms. The molecule has 1 heterocycles. The van der Waals surface area contributed by atoms with Gasteiger partial charge in [0, 0.05) is 10.5 Å². The Bertz CT molecular complexity index is 1110. The molecule has 1 saturated carbocycles. The fourth-order valence-corrected chi connectivity index (χ4v) is 6.72. The molecule has 1 unspecified atom stereocenters. The van der Waals surface area contributed by atoms with Crippen LogP contribution in [0.2, 0.25) is 0 Å². The zero-order valence-corrected chi connectivity index (χ0v) is 20.8. The van der Waals surface area contributed by atoms with Crippen LogP contribution >= 0.6 is 15.9 Å². The van der Waals surface area contributed by atoms with Crippen LogP contribution in [0.5, 0.6) is 5.75 Å². The summed E-state index contributed by atoms with van der Waals surface area (Å²) in [4.78, 5) is 27.7. The van der Waals surface area contributed by atoms with Gasteiger partial charge in [0.2, 0.25) is 15.9 Å². The Labute approximate surface area is 202 Å². The van der Waals surface area contributed by atoms with Crippen LogP contribution in [0.3, 0.4) is 0 Å². The van der Waals surface area contributed by atoms with Crippen molar-refractivity contribution in [3.05, 3.63) is 53.0 Å². The Kier molecular flexibility index (Phi) is 7.21. The lowest BCUT2D eigenvalue weighted by Gasteiger charge is -2.36. The van der Waals surface area contributed by atoms with Crippen LogP contribution in [-0.2, 0) is 19.6 Å². The zero-order valence-electron chi connectivity index (χ0n) is 18.4. The predicted molar refractivity (Wildman–Crippen MR) is 129 cm³/mol. The third kappa shape index (κ3) is 4.85. The molecule has 4 rings (SSSR count).